The Morgan fingerprint density at radius 1 is 1.39 bits per heavy atom. The second kappa shape index (κ2) is 7.62. The topological polar surface area (TPSA) is 52.6 Å². The highest BCUT2D eigenvalue weighted by Gasteiger charge is 2.34. The predicted molar refractivity (Wildman–Crippen MR) is 97.1 cm³/mol. The molecule has 2 N–H and O–H groups in total. The third kappa shape index (κ3) is 4.67. The van der Waals surface area contributed by atoms with E-state index in [1.165, 1.54) is 38.0 Å². The van der Waals surface area contributed by atoms with Gasteiger partial charge in [-0.15, -0.1) is 11.3 Å². The minimum Gasteiger partial charge on any atom is -0.356 e. The van der Waals surface area contributed by atoms with E-state index in [2.05, 4.69) is 44.7 Å². The first-order chi connectivity index (χ1) is 11.2. The van der Waals surface area contributed by atoms with Crippen LogP contribution in [0.4, 0.5) is 0 Å². The van der Waals surface area contributed by atoms with E-state index in [4.69, 9.17) is 0 Å². The normalized spacial score (nSPS) is 22.8. The fourth-order valence-electron chi connectivity index (χ4n) is 3.09. The number of aromatic nitrogens is 1. The van der Waals surface area contributed by atoms with Gasteiger partial charge in [-0.1, -0.05) is 13.8 Å². The first kappa shape index (κ1) is 16.7. The van der Waals surface area contributed by atoms with Gasteiger partial charge in [-0.2, -0.15) is 0 Å². The number of aliphatic imine (C=N–C) groups is 1. The zero-order valence-corrected chi connectivity index (χ0v) is 15.3. The fraction of sp³-hybridized carbons (Fsp3) is 0.765. The summed E-state index contributed by atoms with van der Waals surface area (Å²) in [7, 11) is 1.84. The second-order valence-corrected chi connectivity index (χ2v) is 7.95. The van der Waals surface area contributed by atoms with E-state index in [0.717, 1.165) is 36.0 Å². The van der Waals surface area contributed by atoms with Crippen molar-refractivity contribution in [3.63, 3.8) is 0 Å². The van der Waals surface area contributed by atoms with Crippen LogP contribution >= 0.6 is 11.3 Å². The lowest BCUT2D eigenvalue weighted by atomic mass is 10.1. The molecule has 1 aromatic rings. The Balaban J connectivity index is 1.39. The number of thiazole rings is 1. The molecule has 2 aliphatic rings. The van der Waals surface area contributed by atoms with Crippen LogP contribution in [0.2, 0.25) is 0 Å². The quantitative estimate of drug-likeness (QED) is 0.619. The summed E-state index contributed by atoms with van der Waals surface area (Å²) in [6.45, 7) is 8.64. The molecule has 1 aromatic heterocycles. The number of likely N-dealkylation sites (tertiary alicyclic amines) is 1. The highest BCUT2D eigenvalue weighted by Crippen LogP contribution is 2.31. The first-order valence-electron chi connectivity index (χ1n) is 8.78. The third-order valence-corrected chi connectivity index (χ3v) is 5.60. The van der Waals surface area contributed by atoms with E-state index in [9.17, 15) is 0 Å². The van der Waals surface area contributed by atoms with E-state index in [1.54, 1.807) is 11.3 Å². The zero-order valence-electron chi connectivity index (χ0n) is 14.5. The van der Waals surface area contributed by atoms with Crippen molar-refractivity contribution in [2.75, 3.05) is 26.7 Å². The van der Waals surface area contributed by atoms with Gasteiger partial charge in [0.2, 0.25) is 0 Å². The molecule has 2 heterocycles. The monoisotopic (exact) mass is 335 g/mol. The molecule has 0 radical (unpaired) electrons. The summed E-state index contributed by atoms with van der Waals surface area (Å²) in [5, 5.41) is 10.1. The number of nitrogens with zero attached hydrogens (tertiary/aromatic N) is 3. The Morgan fingerprint density at radius 2 is 2.22 bits per heavy atom. The molecule has 23 heavy (non-hydrogen) atoms. The van der Waals surface area contributed by atoms with Crippen LogP contribution in [-0.4, -0.2) is 48.6 Å². The van der Waals surface area contributed by atoms with Crippen molar-refractivity contribution < 1.29 is 0 Å². The van der Waals surface area contributed by atoms with Crippen LogP contribution in [0.3, 0.4) is 0 Å². The minimum absolute atomic E-state index is 0.495. The van der Waals surface area contributed by atoms with Gasteiger partial charge >= 0.3 is 0 Å². The van der Waals surface area contributed by atoms with Crippen molar-refractivity contribution in [1.82, 2.24) is 20.5 Å². The van der Waals surface area contributed by atoms with E-state index in [1.807, 2.05) is 7.05 Å². The van der Waals surface area contributed by atoms with Crippen molar-refractivity contribution in [3.05, 3.63) is 16.1 Å². The van der Waals surface area contributed by atoms with Crippen molar-refractivity contribution in [2.45, 2.75) is 51.6 Å². The average molecular weight is 336 g/mol. The average Bonchev–Trinajstić information content (AvgIpc) is 3.10. The molecule has 1 saturated heterocycles. The van der Waals surface area contributed by atoms with Gasteiger partial charge in [0, 0.05) is 31.6 Å². The maximum absolute atomic E-state index is 4.66. The van der Waals surface area contributed by atoms with Crippen molar-refractivity contribution >= 4 is 17.3 Å². The lowest BCUT2D eigenvalue weighted by molar-refractivity contribution is 0.314. The van der Waals surface area contributed by atoms with Gasteiger partial charge in [0.15, 0.2) is 5.96 Å². The SMILES string of the molecule is CN=C(NCc1nc(C(C)C)cs1)NCC1CCN(C2CC2)C1. The Morgan fingerprint density at radius 3 is 2.87 bits per heavy atom. The number of hydrogen-bond donors (Lipinski definition) is 2. The summed E-state index contributed by atoms with van der Waals surface area (Å²) in [5.41, 5.74) is 1.18. The first-order valence-corrected chi connectivity index (χ1v) is 9.66. The van der Waals surface area contributed by atoms with Gasteiger partial charge < -0.3 is 15.5 Å². The lowest BCUT2D eigenvalue weighted by Gasteiger charge is -2.16. The molecule has 0 spiro atoms. The van der Waals surface area contributed by atoms with Gasteiger partial charge in [0.1, 0.15) is 5.01 Å². The fourth-order valence-corrected chi connectivity index (χ4v) is 3.99. The molecule has 6 heteroatoms. The van der Waals surface area contributed by atoms with E-state index >= 15 is 0 Å². The van der Waals surface area contributed by atoms with Gasteiger partial charge in [-0.25, -0.2) is 4.98 Å². The molecule has 1 aliphatic heterocycles. The summed E-state index contributed by atoms with van der Waals surface area (Å²) in [6, 6.07) is 0.900. The Labute approximate surface area is 143 Å². The van der Waals surface area contributed by atoms with Gasteiger partial charge in [-0.3, -0.25) is 4.99 Å². The van der Waals surface area contributed by atoms with E-state index < -0.39 is 0 Å². The van der Waals surface area contributed by atoms with Crippen LogP contribution in [0.15, 0.2) is 10.4 Å². The molecule has 3 rings (SSSR count). The molecule has 0 aromatic carbocycles. The largest absolute Gasteiger partial charge is 0.356 e. The van der Waals surface area contributed by atoms with Gasteiger partial charge in [0.05, 0.1) is 12.2 Å². The standard InChI is InChI=1S/C17H29N5S/c1-12(2)15-11-23-16(21-15)9-20-17(18-3)19-8-13-6-7-22(10-13)14-4-5-14/h11-14H,4-10H2,1-3H3,(H2,18,19,20). The molecule has 0 bridgehead atoms. The lowest BCUT2D eigenvalue weighted by Crippen LogP contribution is -2.40. The maximum atomic E-state index is 4.66. The molecule has 1 saturated carbocycles. The van der Waals surface area contributed by atoms with Crippen LogP contribution in [0.25, 0.3) is 0 Å². The van der Waals surface area contributed by atoms with Crippen LogP contribution < -0.4 is 10.6 Å². The van der Waals surface area contributed by atoms with Crippen LogP contribution in [-0.2, 0) is 6.54 Å². The van der Waals surface area contributed by atoms with Crippen LogP contribution in [0.1, 0.15) is 49.7 Å². The van der Waals surface area contributed by atoms with Crippen molar-refractivity contribution in [1.29, 1.82) is 0 Å². The number of rotatable bonds is 6. The Kier molecular flexibility index (Phi) is 5.54. The van der Waals surface area contributed by atoms with Gasteiger partial charge in [0.25, 0.3) is 0 Å². The van der Waals surface area contributed by atoms with Gasteiger partial charge in [-0.05, 0) is 37.6 Å². The molecule has 0 amide bonds. The summed E-state index contributed by atoms with van der Waals surface area (Å²) >= 11 is 1.72. The molecule has 128 valence electrons. The van der Waals surface area contributed by atoms with Crippen molar-refractivity contribution in [3.8, 4) is 0 Å². The minimum atomic E-state index is 0.495. The summed E-state index contributed by atoms with van der Waals surface area (Å²) in [6.07, 6.45) is 4.13. The number of nitrogens with one attached hydrogen (secondary N) is 2. The Hall–Kier alpha value is -1.14. The molecule has 2 fully saturated rings. The van der Waals surface area contributed by atoms with Crippen LogP contribution in [0.5, 0.6) is 0 Å². The smallest absolute Gasteiger partial charge is 0.191 e. The van der Waals surface area contributed by atoms with E-state index in [-0.39, 0.29) is 0 Å². The predicted octanol–water partition coefficient (Wildman–Crippen LogP) is 2.42. The van der Waals surface area contributed by atoms with E-state index in [0.29, 0.717) is 5.92 Å². The van der Waals surface area contributed by atoms with Crippen molar-refractivity contribution in [2.24, 2.45) is 10.9 Å². The second-order valence-electron chi connectivity index (χ2n) is 7.01. The summed E-state index contributed by atoms with van der Waals surface area (Å²) < 4.78 is 0. The third-order valence-electron chi connectivity index (χ3n) is 4.73. The Bertz CT molecular complexity index is 535. The zero-order chi connectivity index (χ0) is 16.2. The molecular weight excluding hydrogens is 306 g/mol. The molecular formula is C17H29N5S. The van der Waals surface area contributed by atoms with Crippen LogP contribution in [0, 0.1) is 5.92 Å². The highest BCUT2D eigenvalue weighted by atomic mass is 32.1. The number of hydrogen-bond acceptors (Lipinski definition) is 4. The molecule has 5 nitrogen and oxygen atoms in total. The summed E-state index contributed by atoms with van der Waals surface area (Å²) in [4.78, 5) is 11.6. The summed E-state index contributed by atoms with van der Waals surface area (Å²) in [5.74, 6) is 2.13. The number of guanidine groups is 1. The molecule has 1 unspecified atom stereocenters. The molecule has 1 aliphatic carbocycles. The maximum Gasteiger partial charge on any atom is 0.191 e. The highest BCUT2D eigenvalue weighted by molar-refractivity contribution is 7.09. The molecule has 1 atom stereocenters.